The Morgan fingerprint density at radius 3 is 2.57 bits per heavy atom. The largest absolute Gasteiger partial charge is 0.229 e. The summed E-state index contributed by atoms with van der Waals surface area (Å²) in [5.74, 6) is 0.100. The lowest BCUT2D eigenvalue weighted by Crippen LogP contribution is -2.07. The Morgan fingerprint density at radius 2 is 2.21 bits per heavy atom. The molecule has 0 bridgehead atoms. The van der Waals surface area contributed by atoms with Crippen LogP contribution in [0.4, 0.5) is 0 Å². The summed E-state index contributed by atoms with van der Waals surface area (Å²) in [4.78, 5) is 0.798. The maximum Gasteiger partial charge on any atom is 0.148 e. The van der Waals surface area contributed by atoms with Gasteiger partial charge in [-0.25, -0.2) is 8.42 Å². The van der Waals surface area contributed by atoms with Crippen molar-refractivity contribution in [1.29, 1.82) is 0 Å². The van der Waals surface area contributed by atoms with Crippen LogP contribution >= 0.6 is 38.9 Å². The highest BCUT2D eigenvalue weighted by molar-refractivity contribution is 9.09. The Balaban J connectivity index is 2.85. The van der Waals surface area contributed by atoms with Gasteiger partial charge in [0.25, 0.3) is 0 Å². The van der Waals surface area contributed by atoms with Crippen molar-refractivity contribution in [2.45, 2.75) is 11.8 Å². The summed E-state index contributed by atoms with van der Waals surface area (Å²) < 4.78 is 22.8. The molecule has 2 nitrogen and oxygen atoms in total. The predicted octanol–water partition coefficient (Wildman–Crippen LogP) is 3.19. The van der Waals surface area contributed by atoms with Crippen molar-refractivity contribution in [3.05, 3.63) is 20.8 Å². The molecule has 0 saturated carbocycles. The average Bonchev–Trinajstić information content (AvgIpc) is 2.28. The van der Waals surface area contributed by atoms with Gasteiger partial charge in [0.05, 0.1) is 14.9 Å². The fourth-order valence-corrected chi connectivity index (χ4v) is 4.85. The van der Waals surface area contributed by atoms with Crippen molar-refractivity contribution in [3.63, 3.8) is 0 Å². The van der Waals surface area contributed by atoms with E-state index < -0.39 is 9.84 Å². The topological polar surface area (TPSA) is 34.1 Å². The van der Waals surface area contributed by atoms with E-state index in [2.05, 4.69) is 15.9 Å². The van der Waals surface area contributed by atoms with Gasteiger partial charge < -0.3 is 0 Å². The number of halogens is 2. The van der Waals surface area contributed by atoms with E-state index in [1.54, 1.807) is 0 Å². The number of sulfone groups is 1. The van der Waals surface area contributed by atoms with Gasteiger partial charge in [0.15, 0.2) is 0 Å². The van der Waals surface area contributed by atoms with Gasteiger partial charge in [-0.1, -0.05) is 27.5 Å². The maximum absolute atomic E-state index is 11.0. The quantitative estimate of drug-likeness (QED) is 0.802. The lowest BCUT2D eigenvalue weighted by molar-refractivity contribution is 0.601. The third-order valence-electron chi connectivity index (χ3n) is 1.63. The fraction of sp³-hybridized carbons (Fsp3) is 0.500. The van der Waals surface area contributed by atoms with E-state index in [-0.39, 0.29) is 10.6 Å². The molecule has 0 radical (unpaired) electrons. The number of hydrogen-bond donors (Lipinski definition) is 0. The molecule has 1 aromatic heterocycles. The van der Waals surface area contributed by atoms with Crippen molar-refractivity contribution >= 4 is 48.7 Å². The second-order valence-corrected chi connectivity index (χ2v) is 8.14. The van der Waals surface area contributed by atoms with Crippen LogP contribution in [0.3, 0.4) is 0 Å². The molecular formula is C8H10BrClO2S2. The third-order valence-corrected chi connectivity index (χ3v) is 5.79. The van der Waals surface area contributed by atoms with Crippen LogP contribution in [0.25, 0.3) is 0 Å². The zero-order valence-corrected chi connectivity index (χ0v) is 11.7. The molecule has 0 aliphatic rings. The smallest absolute Gasteiger partial charge is 0.148 e. The molecule has 1 heterocycles. The maximum atomic E-state index is 11.0. The summed E-state index contributed by atoms with van der Waals surface area (Å²) in [7, 11) is -2.96. The molecule has 0 aromatic carbocycles. The van der Waals surface area contributed by atoms with Crippen LogP contribution in [0.5, 0.6) is 0 Å². The van der Waals surface area contributed by atoms with Gasteiger partial charge in [-0.2, -0.15) is 0 Å². The second kappa shape index (κ2) is 4.51. The second-order valence-electron chi connectivity index (χ2n) is 3.17. The Kier molecular flexibility index (Phi) is 4.03. The van der Waals surface area contributed by atoms with Crippen molar-refractivity contribution in [2.75, 3.05) is 12.0 Å². The first-order chi connectivity index (χ1) is 6.29. The molecule has 14 heavy (non-hydrogen) atoms. The molecule has 1 rings (SSSR count). The van der Waals surface area contributed by atoms with Crippen LogP contribution in [0.1, 0.15) is 15.3 Å². The molecule has 1 atom stereocenters. The SMILES string of the molecule is Cc1cc(C(Br)CS(C)(=O)=O)sc1Cl. The Hall–Kier alpha value is 0.420. The van der Waals surface area contributed by atoms with E-state index in [0.717, 1.165) is 14.8 Å². The molecule has 0 fully saturated rings. The summed E-state index contributed by atoms with van der Waals surface area (Å²) in [5, 5.41) is 0. The molecule has 6 heteroatoms. The molecule has 80 valence electrons. The van der Waals surface area contributed by atoms with Gasteiger partial charge in [0.2, 0.25) is 0 Å². The molecule has 0 spiro atoms. The number of thiophene rings is 1. The van der Waals surface area contributed by atoms with Crippen LogP contribution in [0.2, 0.25) is 4.34 Å². The van der Waals surface area contributed by atoms with Gasteiger partial charge in [-0.15, -0.1) is 11.3 Å². The lowest BCUT2D eigenvalue weighted by Gasteiger charge is -2.04. The molecule has 0 aliphatic heterocycles. The monoisotopic (exact) mass is 316 g/mol. The number of rotatable bonds is 3. The minimum Gasteiger partial charge on any atom is -0.229 e. The van der Waals surface area contributed by atoms with E-state index in [1.165, 1.54) is 17.6 Å². The highest BCUT2D eigenvalue weighted by atomic mass is 79.9. The Morgan fingerprint density at radius 1 is 1.64 bits per heavy atom. The van der Waals surface area contributed by atoms with Gasteiger partial charge in [-0.3, -0.25) is 0 Å². The predicted molar refractivity (Wildman–Crippen MR) is 65.4 cm³/mol. The summed E-state index contributed by atoms with van der Waals surface area (Å²) in [6.45, 7) is 1.91. The molecule has 0 saturated heterocycles. The summed E-state index contributed by atoms with van der Waals surface area (Å²) >= 11 is 10.7. The zero-order valence-electron chi connectivity index (χ0n) is 7.75. The van der Waals surface area contributed by atoms with Crippen LogP contribution in [-0.4, -0.2) is 20.4 Å². The van der Waals surface area contributed by atoms with Crippen molar-refractivity contribution in [1.82, 2.24) is 0 Å². The minimum absolute atomic E-state index is 0.100. The fourth-order valence-electron chi connectivity index (χ4n) is 0.986. The van der Waals surface area contributed by atoms with E-state index in [4.69, 9.17) is 11.6 Å². The van der Waals surface area contributed by atoms with Crippen LogP contribution in [-0.2, 0) is 9.84 Å². The molecule has 1 aromatic rings. The average molecular weight is 318 g/mol. The lowest BCUT2D eigenvalue weighted by atomic mass is 10.3. The van der Waals surface area contributed by atoms with E-state index in [1.807, 2.05) is 13.0 Å². The van der Waals surface area contributed by atoms with Gasteiger partial charge in [0, 0.05) is 11.1 Å². The minimum atomic E-state index is -2.96. The summed E-state index contributed by atoms with van der Waals surface area (Å²) in [5.41, 5.74) is 0.990. The van der Waals surface area contributed by atoms with Crippen molar-refractivity contribution < 1.29 is 8.42 Å². The first-order valence-electron chi connectivity index (χ1n) is 3.87. The van der Waals surface area contributed by atoms with Gasteiger partial charge in [-0.05, 0) is 18.6 Å². The molecule has 1 unspecified atom stereocenters. The van der Waals surface area contributed by atoms with Crippen molar-refractivity contribution in [2.24, 2.45) is 0 Å². The molecule has 0 aliphatic carbocycles. The third kappa shape index (κ3) is 3.53. The molecule has 0 amide bonds. The number of hydrogen-bond acceptors (Lipinski definition) is 3. The van der Waals surface area contributed by atoms with E-state index in [9.17, 15) is 8.42 Å². The molecule has 0 N–H and O–H groups in total. The first kappa shape index (κ1) is 12.5. The van der Waals surface area contributed by atoms with Crippen LogP contribution in [0, 0.1) is 6.92 Å². The Labute approximate surface area is 101 Å². The van der Waals surface area contributed by atoms with Gasteiger partial charge >= 0.3 is 0 Å². The number of alkyl halides is 1. The summed E-state index contributed by atoms with van der Waals surface area (Å²) in [6, 6.07) is 1.91. The highest BCUT2D eigenvalue weighted by Crippen LogP contribution is 2.35. The normalized spacial score (nSPS) is 14.3. The Bertz CT molecular complexity index is 405. The number of aryl methyl sites for hydroxylation is 1. The van der Waals surface area contributed by atoms with E-state index >= 15 is 0 Å². The standard InChI is InChI=1S/C8H10BrClO2S2/c1-5-3-7(13-8(5)10)6(9)4-14(2,11)12/h3,6H,4H2,1-2H3. The summed E-state index contributed by atoms with van der Waals surface area (Å²) in [6.07, 6.45) is 1.23. The zero-order chi connectivity index (χ0) is 10.9. The first-order valence-corrected chi connectivity index (χ1v) is 8.04. The molecular weight excluding hydrogens is 308 g/mol. The van der Waals surface area contributed by atoms with Crippen LogP contribution in [0.15, 0.2) is 6.07 Å². The van der Waals surface area contributed by atoms with Crippen molar-refractivity contribution in [3.8, 4) is 0 Å². The van der Waals surface area contributed by atoms with E-state index in [0.29, 0.717) is 0 Å². The van der Waals surface area contributed by atoms with Gasteiger partial charge in [0.1, 0.15) is 9.84 Å². The highest BCUT2D eigenvalue weighted by Gasteiger charge is 2.17. The van der Waals surface area contributed by atoms with Crippen LogP contribution < -0.4 is 0 Å².